The zero-order chi connectivity index (χ0) is 53.1. The maximum absolute atomic E-state index is 13.0. The molecule has 0 aliphatic rings. The highest BCUT2D eigenvalue weighted by molar-refractivity contribution is 7.78. The number of ether oxygens (including phenoxy) is 4. The fourth-order valence-electron chi connectivity index (χ4n) is 5.81. The molecule has 0 saturated carbocycles. The summed E-state index contributed by atoms with van der Waals surface area (Å²) in [5.74, 6) is -1.26. The predicted molar refractivity (Wildman–Crippen MR) is 277 cm³/mol. The molecule has 0 aliphatic heterocycles. The summed E-state index contributed by atoms with van der Waals surface area (Å²) >= 11 is 6.80. The Kier molecular flexibility index (Phi) is 22.3. The van der Waals surface area contributed by atoms with E-state index in [1.807, 2.05) is 45.0 Å². The van der Waals surface area contributed by atoms with Crippen molar-refractivity contribution < 1.29 is 47.7 Å². The van der Waals surface area contributed by atoms with E-state index in [1.165, 1.54) is 36.9 Å². The van der Waals surface area contributed by atoms with E-state index in [0.717, 1.165) is 11.4 Å². The third kappa shape index (κ3) is 18.9. The van der Waals surface area contributed by atoms with Gasteiger partial charge >= 0.3 is 30.0 Å². The first-order valence-electron chi connectivity index (χ1n) is 22.0. The summed E-state index contributed by atoms with van der Waals surface area (Å²) < 4.78 is 24.8. The van der Waals surface area contributed by atoms with Crippen molar-refractivity contribution in [3.05, 3.63) is 81.1 Å². The molecule has 0 bridgehead atoms. The quantitative estimate of drug-likeness (QED) is 0.0207. The molecule has 0 radical (unpaired) electrons. The first kappa shape index (κ1) is 58.1. The summed E-state index contributed by atoms with van der Waals surface area (Å²) in [6.07, 6.45) is 6.26. The van der Waals surface area contributed by atoms with E-state index in [4.69, 9.17) is 19.9 Å². The minimum Gasteiger partial charge on any atom is -0.465 e. The van der Waals surface area contributed by atoms with Gasteiger partial charge in [0.25, 0.3) is 5.91 Å². The van der Waals surface area contributed by atoms with Crippen LogP contribution in [0.4, 0.5) is 26.2 Å². The summed E-state index contributed by atoms with van der Waals surface area (Å²) in [5.41, 5.74) is 8.20. The largest absolute Gasteiger partial charge is 0.465 e. The molecule has 6 N–H and O–H groups in total. The number of aryl methyl sites for hydroxylation is 4. The summed E-state index contributed by atoms with van der Waals surface area (Å²) in [6.45, 7) is 20.9. The van der Waals surface area contributed by atoms with Crippen LogP contribution in [0.5, 0.6) is 0 Å². The average Bonchev–Trinajstić information content (AvgIpc) is 4.13. The third-order valence-corrected chi connectivity index (χ3v) is 11.0. The molecule has 5 heterocycles. The van der Waals surface area contributed by atoms with E-state index >= 15 is 0 Å². The molecule has 4 amide bonds. The Hall–Kier alpha value is -7.21. The van der Waals surface area contributed by atoms with Crippen LogP contribution in [-0.4, -0.2) is 115 Å². The van der Waals surface area contributed by atoms with Crippen molar-refractivity contribution in [2.24, 2.45) is 4.99 Å². The van der Waals surface area contributed by atoms with E-state index in [9.17, 15) is 28.8 Å². The highest BCUT2D eigenvalue weighted by Crippen LogP contribution is 2.31. The lowest BCUT2D eigenvalue weighted by atomic mass is 10.2. The second kappa shape index (κ2) is 27.3. The van der Waals surface area contributed by atoms with Crippen molar-refractivity contribution in [3.8, 4) is 0 Å². The Morgan fingerprint density at radius 3 is 1.79 bits per heavy atom. The number of anilines is 3. The molecule has 0 unspecified atom stereocenters. The molecule has 384 valence electrons. The number of aromatic nitrogens is 6. The minimum atomic E-state index is -0.578. The number of nitrogens with one attached hydrogen (secondary N) is 4. The molecule has 25 heteroatoms. The van der Waals surface area contributed by atoms with Crippen LogP contribution in [0.2, 0.25) is 0 Å². The number of thiophene rings is 2. The van der Waals surface area contributed by atoms with Gasteiger partial charge in [-0.25, -0.2) is 24.2 Å². The third-order valence-electron chi connectivity index (χ3n) is 8.71. The zero-order valence-electron chi connectivity index (χ0n) is 41.9. The van der Waals surface area contributed by atoms with Crippen LogP contribution in [0.15, 0.2) is 53.6 Å². The van der Waals surface area contributed by atoms with Crippen LogP contribution in [-0.2, 0) is 38.6 Å². The standard InChI is InChI=1S/C23H30N6O5S.C15H23N3O4S.C8H9N3OS/c1-7-29-16(12-14(2)27-29)18(30)26-21-25-15-13-17(20(31)33-6)35-19(15)28(21)11-9-8-10-24-22(32)34-23(3,4)5;1-15(2,3)22-14(20)18-8-6-5-7-17-12-10(16)9-11(23-12)13(19)21-4;1-3-11-7(4-6(2)10-11)8(12)9-5-13/h8-9,12-13H,7,10-11H2,1-6H3,(H,24,32)(H,25,26,30);5-6,9,17H,7-8,16H2,1-4H3,(H,18,20);4H,3H2,1-2H3/b9-8+;6-5+;. The number of aliphatic imine (C=N–C) groups is 1. The predicted octanol–water partition coefficient (Wildman–Crippen LogP) is 7.81. The number of allylic oxidation sites excluding steroid dienone is 1. The van der Waals surface area contributed by atoms with E-state index in [-0.39, 0.29) is 12.5 Å². The van der Waals surface area contributed by atoms with Gasteiger partial charge in [0.2, 0.25) is 5.95 Å². The Balaban J connectivity index is 0.000000316. The number of rotatable bonds is 16. The second-order valence-electron chi connectivity index (χ2n) is 16.8. The van der Waals surface area contributed by atoms with E-state index in [1.54, 1.807) is 91.9 Å². The summed E-state index contributed by atoms with van der Waals surface area (Å²) in [7, 11) is 2.64. The van der Waals surface area contributed by atoms with Gasteiger partial charge in [-0.15, -0.1) is 22.7 Å². The van der Waals surface area contributed by atoms with Crippen molar-refractivity contribution in [2.75, 3.05) is 50.2 Å². The van der Waals surface area contributed by atoms with Crippen LogP contribution >= 0.6 is 34.9 Å². The summed E-state index contributed by atoms with van der Waals surface area (Å²) in [4.78, 5) is 80.3. The van der Waals surface area contributed by atoms with Gasteiger partial charge in [0.05, 0.1) is 36.5 Å². The van der Waals surface area contributed by atoms with Crippen molar-refractivity contribution in [1.29, 1.82) is 0 Å². The average molecular weight is 1040 g/mol. The van der Waals surface area contributed by atoms with Crippen molar-refractivity contribution in [1.82, 2.24) is 39.7 Å². The number of hydrogen-bond acceptors (Lipinski definition) is 18. The second-order valence-corrected chi connectivity index (χ2v) is 19.0. The van der Waals surface area contributed by atoms with E-state index < -0.39 is 41.2 Å². The summed E-state index contributed by atoms with van der Waals surface area (Å²) in [6, 6.07) is 6.60. The number of methoxy groups -OCH3 is 2. The minimum absolute atomic E-state index is 0.265. The molecule has 0 aromatic carbocycles. The molecule has 22 nitrogen and oxygen atoms in total. The van der Waals surface area contributed by atoms with Crippen LogP contribution in [0.25, 0.3) is 10.3 Å². The van der Waals surface area contributed by atoms with Crippen LogP contribution in [0.1, 0.15) is 107 Å². The first-order valence-corrected chi connectivity index (χ1v) is 24.0. The van der Waals surface area contributed by atoms with Crippen LogP contribution in [0.3, 0.4) is 0 Å². The zero-order valence-corrected chi connectivity index (χ0v) is 44.3. The molecule has 0 spiro atoms. The maximum Gasteiger partial charge on any atom is 0.407 e. The van der Waals surface area contributed by atoms with Gasteiger partial charge in [-0.05, 0) is 106 Å². The number of nitrogens with zero attached hydrogens (tertiary/aromatic N) is 7. The number of imidazole rings is 1. The molecule has 0 aliphatic carbocycles. The van der Waals surface area contributed by atoms with Gasteiger partial charge in [-0.1, -0.05) is 24.3 Å². The molecule has 0 atom stereocenters. The molecule has 5 aromatic rings. The van der Waals surface area contributed by atoms with Gasteiger partial charge < -0.3 is 40.6 Å². The van der Waals surface area contributed by atoms with Crippen LogP contribution < -0.4 is 27.0 Å². The lowest BCUT2D eigenvalue weighted by molar-refractivity contribution is 0.0522. The number of carbonyl (C=O) groups excluding carboxylic acids is 6. The lowest BCUT2D eigenvalue weighted by Crippen LogP contribution is -2.32. The van der Waals surface area contributed by atoms with Crippen molar-refractivity contribution in [3.63, 3.8) is 0 Å². The van der Waals surface area contributed by atoms with E-state index in [2.05, 4.69) is 58.4 Å². The van der Waals surface area contributed by atoms with Gasteiger partial charge in [0, 0.05) is 39.3 Å². The first-order chi connectivity index (χ1) is 33.4. The number of thiocarbonyl (C=S) groups is 1. The Morgan fingerprint density at radius 2 is 1.27 bits per heavy atom. The molecular formula is C46H62N12O10S3. The number of isothiocyanates is 1. The number of fused-ring (bicyclic) bond motifs is 1. The number of amides is 4. The molecule has 5 rings (SSSR count). The van der Waals surface area contributed by atoms with Crippen LogP contribution in [0, 0.1) is 13.8 Å². The Bertz CT molecular complexity index is 2760. The lowest BCUT2D eigenvalue weighted by Gasteiger charge is -2.19. The topological polar surface area (TPSA) is 279 Å². The highest BCUT2D eigenvalue weighted by atomic mass is 32.1. The van der Waals surface area contributed by atoms with Crippen molar-refractivity contribution in [2.45, 2.75) is 100 Å². The normalized spacial score (nSPS) is 11.2. The SMILES string of the molecule is CCn1nc(C)cc1C(=O)N=C=S.CCn1nc(C)cc1C(=O)Nc1nc2cc(C(=O)OC)sc2n1C/C=C/CNC(=O)OC(C)(C)C.COC(=O)c1cc(N)c(NC/C=C/CNC(=O)OC(C)(C)C)s1. The highest BCUT2D eigenvalue weighted by Gasteiger charge is 2.22. The van der Waals surface area contributed by atoms with Gasteiger partial charge in [-0.3, -0.25) is 28.8 Å². The maximum atomic E-state index is 13.0. The molecule has 71 heavy (non-hydrogen) atoms. The smallest absolute Gasteiger partial charge is 0.407 e. The number of alkyl carbamates (subject to hydrolysis) is 2. The fourth-order valence-corrected chi connectivity index (χ4v) is 7.83. The Morgan fingerprint density at radius 1 is 0.761 bits per heavy atom. The van der Waals surface area contributed by atoms with Crippen molar-refractivity contribution >= 4 is 103 Å². The van der Waals surface area contributed by atoms with Gasteiger partial charge in [-0.2, -0.15) is 15.2 Å². The summed E-state index contributed by atoms with van der Waals surface area (Å²) in [5, 5.41) is 22.4. The monoisotopic (exact) mass is 1040 g/mol. The van der Waals surface area contributed by atoms with Gasteiger partial charge in [0.1, 0.15) is 47.7 Å². The number of hydrogen-bond donors (Lipinski definition) is 5. The number of carbonyl (C=O) groups is 6. The molecule has 0 saturated heterocycles. The number of nitrogens with two attached hydrogens (primary N) is 1. The number of nitrogen functional groups attached to an aromatic ring is 1. The number of esters is 2. The fraction of sp³-hybridized carbons (Fsp3) is 0.435. The molecular weight excluding hydrogens is 977 g/mol. The van der Waals surface area contributed by atoms with Gasteiger partial charge in [0.15, 0.2) is 0 Å². The molecule has 0 fully saturated rings. The molecule has 5 aromatic heterocycles. The van der Waals surface area contributed by atoms with E-state index in [0.29, 0.717) is 80.8 Å². The Labute approximate surface area is 425 Å².